The Morgan fingerprint density at radius 2 is 1.81 bits per heavy atom. The first-order valence-electron chi connectivity index (χ1n) is 8.97. The lowest BCUT2D eigenvalue weighted by molar-refractivity contribution is -0.132. The van der Waals surface area contributed by atoms with Gasteiger partial charge in [-0.15, -0.1) is 0 Å². The molecule has 2 heterocycles. The lowest BCUT2D eigenvalue weighted by Crippen LogP contribution is -2.51. The molecule has 26 heavy (non-hydrogen) atoms. The number of hydrogen-bond acceptors (Lipinski definition) is 4. The lowest BCUT2D eigenvalue weighted by Gasteiger charge is -2.34. The highest BCUT2D eigenvalue weighted by Gasteiger charge is 2.38. The minimum Gasteiger partial charge on any atom is -0.450 e. The molecule has 0 aromatic heterocycles. The van der Waals surface area contributed by atoms with Crippen molar-refractivity contribution in [3.8, 4) is 0 Å². The van der Waals surface area contributed by atoms with Gasteiger partial charge >= 0.3 is 6.09 Å². The number of nitrogens with zero attached hydrogens (tertiary/aromatic N) is 2. The number of piperazine rings is 1. The van der Waals surface area contributed by atoms with Gasteiger partial charge in [0.1, 0.15) is 0 Å². The van der Waals surface area contributed by atoms with E-state index in [2.05, 4.69) is 5.32 Å². The second kappa shape index (κ2) is 6.97. The molecule has 3 rings (SSSR count). The average Bonchev–Trinajstić information content (AvgIpc) is 2.84. The van der Waals surface area contributed by atoms with Crippen LogP contribution in [0.3, 0.4) is 0 Å². The van der Waals surface area contributed by atoms with Crippen LogP contribution in [0.4, 0.5) is 10.5 Å². The Kier molecular flexibility index (Phi) is 4.89. The maximum atomic E-state index is 12.6. The number of hydrogen-bond donors (Lipinski definition) is 1. The number of benzene rings is 1. The van der Waals surface area contributed by atoms with Crippen LogP contribution in [0, 0.1) is 0 Å². The van der Waals surface area contributed by atoms with Crippen LogP contribution in [0.2, 0.25) is 0 Å². The molecule has 7 heteroatoms. The molecule has 0 aliphatic carbocycles. The van der Waals surface area contributed by atoms with E-state index in [1.54, 1.807) is 16.7 Å². The number of anilines is 1. The minimum absolute atomic E-state index is 0.0222. The van der Waals surface area contributed by atoms with Gasteiger partial charge in [-0.1, -0.05) is 12.1 Å². The summed E-state index contributed by atoms with van der Waals surface area (Å²) in [7, 11) is 0. The van der Waals surface area contributed by atoms with Crippen LogP contribution in [-0.2, 0) is 26.2 Å². The van der Waals surface area contributed by atoms with Gasteiger partial charge in [0.25, 0.3) is 0 Å². The molecule has 1 aromatic rings. The molecule has 1 fully saturated rings. The molecule has 0 bridgehead atoms. The van der Waals surface area contributed by atoms with Crippen molar-refractivity contribution < 1.29 is 19.1 Å². The van der Waals surface area contributed by atoms with Gasteiger partial charge in [-0.25, -0.2) is 4.79 Å². The molecule has 0 spiro atoms. The number of amides is 3. The van der Waals surface area contributed by atoms with E-state index in [0.29, 0.717) is 32.8 Å². The van der Waals surface area contributed by atoms with Crippen molar-refractivity contribution in [2.45, 2.75) is 32.6 Å². The normalized spacial score (nSPS) is 18.3. The van der Waals surface area contributed by atoms with Crippen molar-refractivity contribution in [3.05, 3.63) is 29.3 Å². The average molecular weight is 359 g/mol. The summed E-state index contributed by atoms with van der Waals surface area (Å²) in [5.41, 5.74) is 2.06. The Morgan fingerprint density at radius 3 is 2.46 bits per heavy atom. The summed E-state index contributed by atoms with van der Waals surface area (Å²) in [6, 6.07) is 5.69. The van der Waals surface area contributed by atoms with E-state index in [0.717, 1.165) is 16.8 Å². The number of ether oxygens (including phenoxy) is 1. The Hall–Kier alpha value is -2.57. The van der Waals surface area contributed by atoms with E-state index in [-0.39, 0.29) is 24.3 Å². The Balaban J connectivity index is 1.61. The van der Waals surface area contributed by atoms with Crippen molar-refractivity contribution in [1.82, 2.24) is 9.80 Å². The topological polar surface area (TPSA) is 79.0 Å². The molecule has 2 aliphatic heterocycles. The molecular formula is C19H25N3O4. The number of carbonyl (C=O) groups is 3. The maximum absolute atomic E-state index is 12.6. The first kappa shape index (κ1) is 18.2. The number of nitrogens with one attached hydrogen (secondary N) is 1. The van der Waals surface area contributed by atoms with E-state index in [4.69, 9.17) is 4.74 Å². The van der Waals surface area contributed by atoms with Crippen LogP contribution >= 0.6 is 0 Å². The predicted molar refractivity (Wildman–Crippen MR) is 97.0 cm³/mol. The van der Waals surface area contributed by atoms with Crippen LogP contribution in [0.25, 0.3) is 0 Å². The van der Waals surface area contributed by atoms with Gasteiger partial charge in [0.15, 0.2) is 0 Å². The van der Waals surface area contributed by atoms with Crippen molar-refractivity contribution in [1.29, 1.82) is 0 Å². The molecule has 2 aliphatic rings. The molecular weight excluding hydrogens is 334 g/mol. The van der Waals surface area contributed by atoms with E-state index < -0.39 is 5.41 Å². The summed E-state index contributed by atoms with van der Waals surface area (Å²) < 4.78 is 4.99. The predicted octanol–water partition coefficient (Wildman–Crippen LogP) is 1.76. The highest BCUT2D eigenvalue weighted by molar-refractivity contribution is 6.05. The summed E-state index contributed by atoms with van der Waals surface area (Å²) in [5, 5.41) is 2.87. The molecule has 0 unspecified atom stereocenters. The van der Waals surface area contributed by atoms with E-state index in [1.807, 2.05) is 32.0 Å². The molecule has 3 amide bonds. The van der Waals surface area contributed by atoms with Crippen LogP contribution in [0.1, 0.15) is 31.9 Å². The standard InChI is InChI=1S/C19H25N3O4/c1-4-26-18(25)22-9-7-21(8-10-22)16(23)12-13-5-6-15-14(11-13)19(2,3)17(24)20-15/h5-6,11H,4,7-10,12H2,1-3H3,(H,20,24). The summed E-state index contributed by atoms with van der Waals surface area (Å²) in [6.45, 7) is 7.88. The Bertz CT molecular complexity index is 736. The smallest absolute Gasteiger partial charge is 0.409 e. The van der Waals surface area contributed by atoms with E-state index in [9.17, 15) is 14.4 Å². The largest absolute Gasteiger partial charge is 0.450 e. The molecule has 1 aromatic carbocycles. The van der Waals surface area contributed by atoms with E-state index >= 15 is 0 Å². The SMILES string of the molecule is CCOC(=O)N1CCN(C(=O)Cc2ccc3c(c2)C(C)(C)C(=O)N3)CC1. The first-order chi connectivity index (χ1) is 12.3. The monoisotopic (exact) mass is 359 g/mol. The fourth-order valence-electron chi connectivity index (χ4n) is 3.37. The number of carbonyl (C=O) groups excluding carboxylic acids is 3. The highest BCUT2D eigenvalue weighted by atomic mass is 16.6. The second-order valence-electron chi connectivity index (χ2n) is 7.20. The van der Waals surface area contributed by atoms with Crippen molar-refractivity contribution in [2.24, 2.45) is 0 Å². The van der Waals surface area contributed by atoms with Crippen LogP contribution in [-0.4, -0.2) is 60.5 Å². The van der Waals surface area contributed by atoms with Crippen LogP contribution < -0.4 is 5.32 Å². The zero-order valence-corrected chi connectivity index (χ0v) is 15.5. The van der Waals surface area contributed by atoms with Crippen molar-refractivity contribution in [2.75, 3.05) is 38.1 Å². The molecule has 1 saturated heterocycles. The van der Waals surface area contributed by atoms with Gasteiger partial charge in [-0.2, -0.15) is 0 Å². The van der Waals surface area contributed by atoms with E-state index in [1.165, 1.54) is 0 Å². The molecule has 0 radical (unpaired) electrons. The lowest BCUT2D eigenvalue weighted by atomic mass is 9.85. The Morgan fingerprint density at radius 1 is 1.15 bits per heavy atom. The molecule has 0 atom stereocenters. The van der Waals surface area contributed by atoms with Gasteiger partial charge in [0.2, 0.25) is 11.8 Å². The zero-order chi connectivity index (χ0) is 18.9. The van der Waals surface area contributed by atoms with Crippen molar-refractivity contribution in [3.63, 3.8) is 0 Å². The van der Waals surface area contributed by atoms with Gasteiger partial charge in [-0.05, 0) is 38.0 Å². The summed E-state index contributed by atoms with van der Waals surface area (Å²) in [5.74, 6) is 0.00890. The van der Waals surface area contributed by atoms with Gasteiger partial charge in [-0.3, -0.25) is 9.59 Å². The first-order valence-corrected chi connectivity index (χ1v) is 8.97. The fraction of sp³-hybridized carbons (Fsp3) is 0.526. The fourth-order valence-corrected chi connectivity index (χ4v) is 3.37. The summed E-state index contributed by atoms with van der Waals surface area (Å²) >= 11 is 0. The van der Waals surface area contributed by atoms with Crippen LogP contribution in [0.5, 0.6) is 0 Å². The quantitative estimate of drug-likeness (QED) is 0.892. The van der Waals surface area contributed by atoms with Crippen LogP contribution in [0.15, 0.2) is 18.2 Å². The maximum Gasteiger partial charge on any atom is 0.409 e. The third-order valence-corrected chi connectivity index (χ3v) is 5.09. The third kappa shape index (κ3) is 3.38. The third-order valence-electron chi connectivity index (χ3n) is 5.09. The molecule has 7 nitrogen and oxygen atoms in total. The second-order valence-corrected chi connectivity index (χ2v) is 7.20. The zero-order valence-electron chi connectivity index (χ0n) is 15.5. The van der Waals surface area contributed by atoms with Gasteiger partial charge < -0.3 is 19.9 Å². The molecule has 1 N–H and O–H groups in total. The van der Waals surface area contributed by atoms with Gasteiger partial charge in [0.05, 0.1) is 18.4 Å². The molecule has 140 valence electrons. The van der Waals surface area contributed by atoms with Crippen molar-refractivity contribution >= 4 is 23.6 Å². The number of fused-ring (bicyclic) bond motifs is 1. The molecule has 0 saturated carbocycles. The minimum atomic E-state index is -0.584. The number of rotatable bonds is 3. The van der Waals surface area contributed by atoms with Gasteiger partial charge in [0, 0.05) is 31.9 Å². The summed E-state index contributed by atoms with van der Waals surface area (Å²) in [6.07, 6.45) is -0.0330. The highest BCUT2D eigenvalue weighted by Crippen LogP contribution is 2.37. The Labute approximate surface area is 153 Å². The summed E-state index contributed by atoms with van der Waals surface area (Å²) in [4.78, 5) is 39.8.